The van der Waals surface area contributed by atoms with Crippen LogP contribution in [0.5, 0.6) is 0 Å². The van der Waals surface area contributed by atoms with Gasteiger partial charge in [-0.25, -0.2) is 4.79 Å². The fourth-order valence-corrected chi connectivity index (χ4v) is 2.49. The molecule has 0 saturated carbocycles. The summed E-state index contributed by atoms with van der Waals surface area (Å²) in [5.41, 5.74) is 2.59. The second-order valence-electron chi connectivity index (χ2n) is 4.62. The van der Waals surface area contributed by atoms with Crippen LogP contribution in [0.25, 0.3) is 22.3 Å². The van der Waals surface area contributed by atoms with Crippen LogP contribution >= 0.6 is 15.9 Å². The molecule has 0 aliphatic heterocycles. The zero-order valence-corrected chi connectivity index (χ0v) is 12.3. The molecule has 0 bridgehead atoms. The maximum absolute atomic E-state index is 11.6. The highest BCUT2D eigenvalue weighted by molar-refractivity contribution is 9.10. The molecule has 0 unspecified atom stereocenters. The second kappa shape index (κ2) is 4.80. The van der Waals surface area contributed by atoms with Crippen molar-refractivity contribution in [3.63, 3.8) is 0 Å². The number of hydrogen-bond donors (Lipinski definition) is 1. The van der Waals surface area contributed by atoms with Crippen LogP contribution in [0.3, 0.4) is 0 Å². The zero-order valence-electron chi connectivity index (χ0n) is 10.7. The summed E-state index contributed by atoms with van der Waals surface area (Å²) in [5, 5.41) is 10.1. The lowest BCUT2D eigenvalue weighted by Gasteiger charge is -1.99. The van der Waals surface area contributed by atoms with Crippen LogP contribution in [0.15, 0.2) is 51.4 Å². The first-order valence-corrected chi connectivity index (χ1v) is 6.88. The number of aryl methyl sites for hydroxylation is 1. The number of benzene rings is 2. The Morgan fingerprint density at radius 2 is 1.85 bits per heavy atom. The van der Waals surface area contributed by atoms with Gasteiger partial charge in [0, 0.05) is 15.4 Å². The molecule has 20 heavy (non-hydrogen) atoms. The molecule has 1 aromatic heterocycles. The minimum Gasteiger partial charge on any atom is -0.478 e. The van der Waals surface area contributed by atoms with Gasteiger partial charge in [-0.1, -0.05) is 34.1 Å². The van der Waals surface area contributed by atoms with Crippen molar-refractivity contribution < 1.29 is 14.3 Å². The van der Waals surface area contributed by atoms with E-state index in [1.807, 2.05) is 43.3 Å². The van der Waals surface area contributed by atoms with E-state index in [4.69, 9.17) is 4.42 Å². The van der Waals surface area contributed by atoms with Gasteiger partial charge in [0.15, 0.2) is 0 Å². The van der Waals surface area contributed by atoms with Crippen molar-refractivity contribution in [3.8, 4) is 11.3 Å². The quantitative estimate of drug-likeness (QED) is 0.729. The molecule has 0 spiro atoms. The number of aromatic carboxylic acids is 1. The average Bonchev–Trinajstić information content (AvgIpc) is 2.77. The van der Waals surface area contributed by atoms with Gasteiger partial charge in [-0.2, -0.15) is 0 Å². The minimum atomic E-state index is -0.981. The van der Waals surface area contributed by atoms with E-state index in [1.165, 1.54) is 0 Å². The maximum atomic E-state index is 11.6. The summed E-state index contributed by atoms with van der Waals surface area (Å²) in [7, 11) is 0. The number of carbonyl (C=O) groups is 1. The van der Waals surface area contributed by atoms with Crippen molar-refractivity contribution in [2.24, 2.45) is 0 Å². The molecule has 100 valence electrons. The van der Waals surface area contributed by atoms with Gasteiger partial charge in [0.1, 0.15) is 16.9 Å². The van der Waals surface area contributed by atoms with E-state index in [9.17, 15) is 9.90 Å². The van der Waals surface area contributed by atoms with E-state index < -0.39 is 5.97 Å². The van der Waals surface area contributed by atoms with Gasteiger partial charge in [0.2, 0.25) is 0 Å². The molecule has 1 N–H and O–H groups in total. The first kappa shape index (κ1) is 12.9. The Balaban J connectivity index is 2.31. The molecule has 2 aromatic carbocycles. The van der Waals surface area contributed by atoms with E-state index in [2.05, 4.69) is 15.9 Å². The molecule has 1 heterocycles. The number of carboxylic acid groups (broad SMARTS) is 1. The van der Waals surface area contributed by atoms with Gasteiger partial charge >= 0.3 is 5.97 Å². The van der Waals surface area contributed by atoms with Gasteiger partial charge in [-0.3, -0.25) is 0 Å². The Labute approximate surface area is 124 Å². The molecule has 0 amide bonds. The number of furan rings is 1. The molecule has 3 nitrogen and oxygen atoms in total. The Hall–Kier alpha value is -2.07. The number of fused-ring (bicyclic) bond motifs is 1. The van der Waals surface area contributed by atoms with Crippen LogP contribution in [0, 0.1) is 6.92 Å². The lowest BCUT2D eigenvalue weighted by Crippen LogP contribution is -1.97. The monoisotopic (exact) mass is 330 g/mol. The Kier molecular flexibility index (Phi) is 3.10. The topological polar surface area (TPSA) is 50.4 Å². The average molecular weight is 331 g/mol. The minimum absolute atomic E-state index is 0.210. The van der Waals surface area contributed by atoms with Gasteiger partial charge in [-0.05, 0) is 36.8 Å². The summed E-state index contributed by atoms with van der Waals surface area (Å²) in [4.78, 5) is 11.6. The van der Waals surface area contributed by atoms with Gasteiger partial charge in [0.05, 0.1) is 0 Å². The van der Waals surface area contributed by atoms with E-state index in [1.54, 1.807) is 6.07 Å². The third-order valence-corrected chi connectivity index (χ3v) is 3.69. The number of carboxylic acids is 1. The molecule has 3 aromatic rings. The predicted octanol–water partition coefficient (Wildman–Crippen LogP) is 4.87. The van der Waals surface area contributed by atoms with E-state index >= 15 is 0 Å². The molecule has 0 atom stereocenters. The molecular weight excluding hydrogens is 320 g/mol. The van der Waals surface area contributed by atoms with Crippen LogP contribution in [-0.2, 0) is 0 Å². The van der Waals surface area contributed by atoms with Gasteiger partial charge in [0.25, 0.3) is 0 Å². The van der Waals surface area contributed by atoms with Crippen molar-refractivity contribution in [1.29, 1.82) is 0 Å². The third-order valence-electron chi connectivity index (χ3n) is 3.17. The first-order chi connectivity index (χ1) is 9.56. The van der Waals surface area contributed by atoms with Crippen LogP contribution in [0.2, 0.25) is 0 Å². The summed E-state index contributed by atoms with van der Waals surface area (Å²) in [6.07, 6.45) is 0. The predicted molar refractivity (Wildman–Crippen MR) is 81.0 cm³/mol. The third kappa shape index (κ3) is 2.12. The van der Waals surface area contributed by atoms with Crippen molar-refractivity contribution in [1.82, 2.24) is 0 Å². The van der Waals surface area contributed by atoms with E-state index in [0.29, 0.717) is 16.7 Å². The molecule has 0 fully saturated rings. The molecule has 0 aliphatic carbocycles. The summed E-state index contributed by atoms with van der Waals surface area (Å²) >= 11 is 3.36. The van der Waals surface area contributed by atoms with Gasteiger partial charge < -0.3 is 9.52 Å². The molecule has 3 rings (SSSR count). The Bertz CT molecular complexity index is 800. The molecule has 0 aliphatic rings. The lowest BCUT2D eigenvalue weighted by molar-refractivity contribution is 0.0699. The molecule has 0 saturated heterocycles. The smallest absolute Gasteiger partial charge is 0.340 e. The van der Waals surface area contributed by atoms with Crippen molar-refractivity contribution in [2.75, 3.05) is 0 Å². The van der Waals surface area contributed by atoms with Crippen molar-refractivity contribution in [2.45, 2.75) is 6.92 Å². The highest BCUT2D eigenvalue weighted by Gasteiger charge is 2.21. The standard InChI is InChI=1S/C16H11BrO3/c1-9-2-7-12-13(8-9)20-15(14(12)16(18)19)10-3-5-11(17)6-4-10/h2-8H,1H3,(H,18,19). The largest absolute Gasteiger partial charge is 0.478 e. The summed E-state index contributed by atoms with van der Waals surface area (Å²) in [5.74, 6) is -0.587. The first-order valence-electron chi connectivity index (χ1n) is 6.08. The summed E-state index contributed by atoms with van der Waals surface area (Å²) in [6, 6.07) is 12.9. The molecular formula is C16H11BrO3. The zero-order chi connectivity index (χ0) is 14.3. The Morgan fingerprint density at radius 1 is 1.15 bits per heavy atom. The van der Waals surface area contributed by atoms with Crippen LogP contribution < -0.4 is 0 Å². The van der Waals surface area contributed by atoms with Crippen LogP contribution in [-0.4, -0.2) is 11.1 Å². The number of rotatable bonds is 2. The Morgan fingerprint density at radius 3 is 2.50 bits per heavy atom. The fourth-order valence-electron chi connectivity index (χ4n) is 2.22. The van der Waals surface area contributed by atoms with Crippen molar-refractivity contribution in [3.05, 3.63) is 58.1 Å². The number of hydrogen-bond acceptors (Lipinski definition) is 2. The highest BCUT2D eigenvalue weighted by Crippen LogP contribution is 2.34. The second-order valence-corrected chi connectivity index (χ2v) is 5.53. The highest BCUT2D eigenvalue weighted by atomic mass is 79.9. The van der Waals surface area contributed by atoms with E-state index in [0.717, 1.165) is 15.6 Å². The molecule has 0 radical (unpaired) electrons. The summed E-state index contributed by atoms with van der Waals surface area (Å²) < 4.78 is 6.71. The van der Waals surface area contributed by atoms with Gasteiger partial charge in [-0.15, -0.1) is 0 Å². The summed E-state index contributed by atoms with van der Waals surface area (Å²) in [6.45, 7) is 1.95. The SMILES string of the molecule is Cc1ccc2c(C(=O)O)c(-c3ccc(Br)cc3)oc2c1. The molecule has 4 heteroatoms. The van der Waals surface area contributed by atoms with E-state index in [-0.39, 0.29) is 5.56 Å². The van der Waals surface area contributed by atoms with Crippen LogP contribution in [0.4, 0.5) is 0 Å². The normalized spacial score (nSPS) is 10.9. The fraction of sp³-hybridized carbons (Fsp3) is 0.0625. The lowest BCUT2D eigenvalue weighted by atomic mass is 10.0. The maximum Gasteiger partial charge on any atom is 0.340 e. The van der Waals surface area contributed by atoms with Crippen LogP contribution in [0.1, 0.15) is 15.9 Å². The van der Waals surface area contributed by atoms with Crippen molar-refractivity contribution >= 4 is 32.9 Å². The number of halogens is 1.